The van der Waals surface area contributed by atoms with Gasteiger partial charge in [0.25, 0.3) is 0 Å². The van der Waals surface area contributed by atoms with Crippen LogP contribution in [0.5, 0.6) is 0 Å². The molecule has 0 aliphatic carbocycles. The summed E-state index contributed by atoms with van der Waals surface area (Å²) in [4.78, 5) is 14.1. The van der Waals surface area contributed by atoms with E-state index >= 15 is 0 Å². The molecule has 0 spiro atoms. The van der Waals surface area contributed by atoms with Crippen molar-refractivity contribution < 1.29 is 9.53 Å². The Kier molecular flexibility index (Phi) is 4.83. The number of nitrogens with zero attached hydrogens (tertiary/aromatic N) is 1. The molecule has 0 bridgehead atoms. The summed E-state index contributed by atoms with van der Waals surface area (Å²) >= 11 is 0. The van der Waals surface area contributed by atoms with Gasteiger partial charge in [-0.3, -0.25) is 4.99 Å². The van der Waals surface area contributed by atoms with Gasteiger partial charge in [0.2, 0.25) is 0 Å². The van der Waals surface area contributed by atoms with Gasteiger partial charge in [-0.2, -0.15) is 0 Å². The molecular weight excluding hydrogens is 158 g/mol. The Balaban J connectivity index is 3.53. The van der Waals surface area contributed by atoms with E-state index in [1.165, 1.54) is 0 Å². The number of primary amides is 1. The van der Waals surface area contributed by atoms with Gasteiger partial charge in [0.05, 0.1) is 12.4 Å². The number of nitrogens with two attached hydrogens (primary N) is 2. The first kappa shape index (κ1) is 10.7. The van der Waals surface area contributed by atoms with Gasteiger partial charge >= 0.3 is 6.09 Å². The monoisotopic (exact) mass is 173 g/mol. The molecule has 0 aliphatic heterocycles. The standard InChI is InChI=1S/C7H15N3O2/c1-5(2)6(8)10-3-4-12-7(9)11/h5H,3-4H2,1-2H3,(H2,8,10)(H2,9,11). The molecule has 5 heteroatoms. The smallest absolute Gasteiger partial charge is 0.404 e. The molecule has 0 radical (unpaired) electrons. The quantitative estimate of drug-likeness (QED) is 0.358. The van der Waals surface area contributed by atoms with Crippen molar-refractivity contribution >= 4 is 11.9 Å². The second-order valence-electron chi connectivity index (χ2n) is 2.63. The fourth-order valence-corrected chi connectivity index (χ4v) is 0.504. The van der Waals surface area contributed by atoms with Crippen molar-refractivity contribution in [2.45, 2.75) is 13.8 Å². The normalized spacial score (nSPS) is 11.8. The highest BCUT2D eigenvalue weighted by molar-refractivity contribution is 5.82. The molecule has 0 aromatic carbocycles. The first-order valence-corrected chi connectivity index (χ1v) is 3.76. The molecule has 0 rings (SSSR count). The summed E-state index contributed by atoms with van der Waals surface area (Å²) in [6, 6.07) is 0. The molecule has 5 nitrogen and oxygen atoms in total. The maximum absolute atomic E-state index is 10.1. The second kappa shape index (κ2) is 5.40. The molecule has 0 saturated heterocycles. The summed E-state index contributed by atoms with van der Waals surface area (Å²) in [6.07, 6.45) is -0.784. The molecule has 0 aliphatic rings. The Hall–Kier alpha value is -1.26. The summed E-state index contributed by atoms with van der Waals surface area (Å²) < 4.78 is 4.45. The van der Waals surface area contributed by atoms with Gasteiger partial charge in [-0.1, -0.05) is 13.8 Å². The van der Waals surface area contributed by atoms with Crippen LogP contribution in [-0.4, -0.2) is 25.1 Å². The lowest BCUT2D eigenvalue weighted by Crippen LogP contribution is -2.21. The van der Waals surface area contributed by atoms with Crippen molar-refractivity contribution in [2.24, 2.45) is 22.4 Å². The van der Waals surface area contributed by atoms with E-state index in [0.29, 0.717) is 12.4 Å². The summed E-state index contributed by atoms with van der Waals surface area (Å²) in [7, 11) is 0. The van der Waals surface area contributed by atoms with E-state index in [0.717, 1.165) is 0 Å². The lowest BCUT2D eigenvalue weighted by Gasteiger charge is -2.03. The van der Waals surface area contributed by atoms with E-state index in [2.05, 4.69) is 9.73 Å². The molecule has 1 amide bonds. The topological polar surface area (TPSA) is 90.7 Å². The first-order chi connectivity index (χ1) is 5.54. The molecule has 0 saturated carbocycles. The van der Waals surface area contributed by atoms with E-state index in [9.17, 15) is 4.79 Å². The third-order valence-electron chi connectivity index (χ3n) is 1.22. The Bertz CT molecular complexity index is 177. The zero-order chi connectivity index (χ0) is 9.56. The number of amidine groups is 1. The fourth-order valence-electron chi connectivity index (χ4n) is 0.504. The number of ether oxygens (including phenoxy) is 1. The molecule has 12 heavy (non-hydrogen) atoms. The van der Waals surface area contributed by atoms with Gasteiger partial charge in [0.1, 0.15) is 6.61 Å². The minimum Gasteiger partial charge on any atom is -0.448 e. The number of amides is 1. The van der Waals surface area contributed by atoms with Gasteiger partial charge in [0.15, 0.2) is 0 Å². The van der Waals surface area contributed by atoms with Crippen molar-refractivity contribution in [2.75, 3.05) is 13.2 Å². The number of hydrogen-bond acceptors (Lipinski definition) is 3. The third-order valence-corrected chi connectivity index (χ3v) is 1.22. The van der Waals surface area contributed by atoms with Gasteiger partial charge in [0, 0.05) is 5.92 Å². The largest absolute Gasteiger partial charge is 0.448 e. The van der Waals surface area contributed by atoms with Crippen LogP contribution in [0, 0.1) is 5.92 Å². The van der Waals surface area contributed by atoms with Crippen LogP contribution in [0.4, 0.5) is 4.79 Å². The van der Waals surface area contributed by atoms with Crippen molar-refractivity contribution in [3.05, 3.63) is 0 Å². The predicted octanol–water partition coefficient (Wildman–Crippen LogP) is 0.0949. The molecule has 70 valence electrons. The molecule has 0 heterocycles. The molecule has 4 N–H and O–H groups in total. The van der Waals surface area contributed by atoms with E-state index in [1.54, 1.807) is 0 Å². The molecule has 0 aromatic heterocycles. The SMILES string of the molecule is CC(C)C(N)=NCCOC(N)=O. The van der Waals surface area contributed by atoms with Crippen LogP contribution in [0.25, 0.3) is 0 Å². The Morgan fingerprint density at radius 2 is 2.08 bits per heavy atom. The van der Waals surface area contributed by atoms with Gasteiger partial charge in [-0.25, -0.2) is 4.79 Å². The minimum atomic E-state index is -0.784. The number of carbonyl (C=O) groups excluding carboxylic acids is 1. The van der Waals surface area contributed by atoms with Crippen molar-refractivity contribution in [3.8, 4) is 0 Å². The van der Waals surface area contributed by atoms with Gasteiger partial charge in [-0.15, -0.1) is 0 Å². The highest BCUT2D eigenvalue weighted by Gasteiger charge is 1.97. The summed E-state index contributed by atoms with van der Waals surface area (Å²) in [5, 5.41) is 0. The second-order valence-corrected chi connectivity index (χ2v) is 2.63. The number of rotatable bonds is 4. The molecule has 0 unspecified atom stereocenters. The predicted molar refractivity (Wildman–Crippen MR) is 46.9 cm³/mol. The van der Waals surface area contributed by atoms with Crippen molar-refractivity contribution in [1.82, 2.24) is 0 Å². The molecule has 0 fully saturated rings. The van der Waals surface area contributed by atoms with E-state index < -0.39 is 6.09 Å². The summed E-state index contributed by atoms with van der Waals surface area (Å²) in [5.41, 5.74) is 10.2. The van der Waals surface area contributed by atoms with Crippen LogP contribution in [-0.2, 0) is 4.74 Å². The van der Waals surface area contributed by atoms with Crippen LogP contribution >= 0.6 is 0 Å². The average molecular weight is 173 g/mol. The summed E-state index contributed by atoms with van der Waals surface area (Å²) in [6.45, 7) is 4.43. The maximum Gasteiger partial charge on any atom is 0.404 e. The van der Waals surface area contributed by atoms with Gasteiger partial charge in [-0.05, 0) is 0 Å². The Morgan fingerprint density at radius 3 is 2.50 bits per heavy atom. The van der Waals surface area contributed by atoms with Crippen LogP contribution in [0.3, 0.4) is 0 Å². The zero-order valence-corrected chi connectivity index (χ0v) is 7.41. The number of aliphatic imine (C=N–C) groups is 1. The Morgan fingerprint density at radius 1 is 1.50 bits per heavy atom. The minimum absolute atomic E-state index is 0.183. The zero-order valence-electron chi connectivity index (χ0n) is 7.41. The third kappa shape index (κ3) is 5.52. The van der Waals surface area contributed by atoms with Crippen LogP contribution < -0.4 is 11.5 Å². The van der Waals surface area contributed by atoms with Crippen molar-refractivity contribution in [3.63, 3.8) is 0 Å². The summed E-state index contributed by atoms with van der Waals surface area (Å²) in [5.74, 6) is 0.779. The average Bonchev–Trinajstić information content (AvgIpc) is 1.97. The number of hydrogen-bond donors (Lipinski definition) is 2. The Labute approximate surface area is 71.8 Å². The fraction of sp³-hybridized carbons (Fsp3) is 0.714. The first-order valence-electron chi connectivity index (χ1n) is 3.76. The molecule has 0 aromatic rings. The van der Waals surface area contributed by atoms with E-state index in [1.807, 2.05) is 13.8 Å². The van der Waals surface area contributed by atoms with Crippen LogP contribution in [0.1, 0.15) is 13.8 Å². The maximum atomic E-state index is 10.1. The highest BCUT2D eigenvalue weighted by atomic mass is 16.5. The highest BCUT2D eigenvalue weighted by Crippen LogP contribution is 1.90. The van der Waals surface area contributed by atoms with Crippen LogP contribution in [0.2, 0.25) is 0 Å². The van der Waals surface area contributed by atoms with Crippen molar-refractivity contribution in [1.29, 1.82) is 0 Å². The van der Waals surface area contributed by atoms with Gasteiger partial charge < -0.3 is 16.2 Å². The van der Waals surface area contributed by atoms with Crippen LogP contribution in [0.15, 0.2) is 4.99 Å². The lowest BCUT2D eigenvalue weighted by atomic mass is 10.2. The van der Waals surface area contributed by atoms with E-state index in [-0.39, 0.29) is 12.5 Å². The van der Waals surface area contributed by atoms with E-state index in [4.69, 9.17) is 11.5 Å². The number of carbonyl (C=O) groups is 1. The molecule has 0 atom stereocenters. The lowest BCUT2D eigenvalue weighted by molar-refractivity contribution is 0.160. The molecular formula is C7H15N3O2.